The van der Waals surface area contributed by atoms with Gasteiger partial charge in [-0.15, -0.1) is 0 Å². The van der Waals surface area contributed by atoms with Gasteiger partial charge in [0.25, 0.3) is 11.8 Å². The lowest BCUT2D eigenvalue weighted by atomic mass is 10.1. The number of benzene rings is 2. The summed E-state index contributed by atoms with van der Waals surface area (Å²) in [6, 6.07) is 13.7. The summed E-state index contributed by atoms with van der Waals surface area (Å²) in [6.07, 6.45) is 1.39. The fraction of sp³-hybridized carbons (Fsp3) is 0. The molecule has 1 fully saturated rings. The minimum absolute atomic E-state index is 0.0138. The number of carbonyl (C=O) groups excluding carboxylic acids is 2. The number of nitrogens with zero attached hydrogens (tertiary/aromatic N) is 1. The van der Waals surface area contributed by atoms with Crippen LogP contribution in [0.2, 0.25) is 0 Å². The summed E-state index contributed by atoms with van der Waals surface area (Å²) < 4.78 is 1.03. The summed E-state index contributed by atoms with van der Waals surface area (Å²) in [6.45, 7) is 0. The standard InChI is InChI=1S/C16H11IN2O3/c17-11-5-7-12(8-6-11)19-16(22)13(15(21)18-19)9-10-3-1-2-4-14(10)20/h1-9,20H,(H,18,21)/b13-9+. The molecule has 0 aromatic heterocycles. The van der Waals surface area contributed by atoms with Crippen LogP contribution in [0.3, 0.4) is 0 Å². The third kappa shape index (κ3) is 2.69. The number of halogens is 1. The third-order valence-corrected chi connectivity index (χ3v) is 3.93. The second kappa shape index (κ2) is 5.80. The summed E-state index contributed by atoms with van der Waals surface area (Å²) in [7, 11) is 0. The van der Waals surface area contributed by atoms with Crippen LogP contribution < -0.4 is 10.4 Å². The molecule has 2 aromatic carbocycles. The average Bonchev–Trinajstić information content (AvgIpc) is 2.78. The van der Waals surface area contributed by atoms with Crippen molar-refractivity contribution in [3.05, 3.63) is 63.2 Å². The summed E-state index contributed by atoms with van der Waals surface area (Å²) in [5.74, 6) is -0.926. The van der Waals surface area contributed by atoms with Crippen molar-refractivity contribution in [2.24, 2.45) is 0 Å². The van der Waals surface area contributed by atoms with Gasteiger partial charge in [-0.2, -0.15) is 0 Å². The average molecular weight is 406 g/mol. The number of hydrogen-bond donors (Lipinski definition) is 2. The van der Waals surface area contributed by atoms with Gasteiger partial charge in [-0.25, -0.2) is 5.01 Å². The number of amides is 2. The molecule has 1 heterocycles. The first-order valence-electron chi connectivity index (χ1n) is 6.47. The van der Waals surface area contributed by atoms with Gasteiger partial charge in [-0.05, 0) is 59.0 Å². The molecule has 0 radical (unpaired) electrons. The first-order chi connectivity index (χ1) is 10.6. The van der Waals surface area contributed by atoms with Gasteiger partial charge < -0.3 is 5.11 Å². The van der Waals surface area contributed by atoms with Crippen LogP contribution in [0.4, 0.5) is 5.69 Å². The fourth-order valence-corrected chi connectivity index (χ4v) is 2.45. The van der Waals surface area contributed by atoms with Crippen LogP contribution in [0, 0.1) is 3.57 Å². The Morgan fingerprint density at radius 2 is 1.73 bits per heavy atom. The molecular weight excluding hydrogens is 395 g/mol. The van der Waals surface area contributed by atoms with E-state index in [0.29, 0.717) is 11.3 Å². The zero-order valence-electron chi connectivity index (χ0n) is 11.3. The van der Waals surface area contributed by atoms with Crippen molar-refractivity contribution in [2.45, 2.75) is 0 Å². The summed E-state index contributed by atoms with van der Waals surface area (Å²) in [5, 5.41) is 11.0. The topological polar surface area (TPSA) is 69.6 Å². The highest BCUT2D eigenvalue weighted by Crippen LogP contribution is 2.24. The van der Waals surface area contributed by atoms with Gasteiger partial charge >= 0.3 is 0 Å². The molecule has 2 N–H and O–H groups in total. The summed E-state index contributed by atoms with van der Waals surface area (Å²) >= 11 is 2.16. The Hall–Kier alpha value is -2.35. The Morgan fingerprint density at radius 1 is 1.05 bits per heavy atom. The number of aromatic hydroxyl groups is 1. The fourth-order valence-electron chi connectivity index (χ4n) is 2.09. The van der Waals surface area contributed by atoms with Crippen molar-refractivity contribution in [1.29, 1.82) is 0 Å². The molecule has 2 amide bonds. The first-order valence-corrected chi connectivity index (χ1v) is 7.55. The predicted molar refractivity (Wildman–Crippen MR) is 90.9 cm³/mol. The van der Waals surface area contributed by atoms with Gasteiger partial charge in [0.1, 0.15) is 11.3 Å². The SMILES string of the molecule is O=C1NN(c2ccc(I)cc2)C(=O)/C1=C/c1ccccc1O. The zero-order chi connectivity index (χ0) is 15.7. The van der Waals surface area contributed by atoms with Gasteiger partial charge in [0, 0.05) is 9.13 Å². The monoisotopic (exact) mass is 406 g/mol. The number of carbonyl (C=O) groups is 2. The molecule has 1 aliphatic heterocycles. The third-order valence-electron chi connectivity index (χ3n) is 3.21. The van der Waals surface area contributed by atoms with Crippen molar-refractivity contribution >= 4 is 46.2 Å². The first kappa shape index (κ1) is 14.6. The van der Waals surface area contributed by atoms with E-state index in [9.17, 15) is 14.7 Å². The molecule has 1 saturated heterocycles. The van der Waals surface area contributed by atoms with Crippen LogP contribution in [0.15, 0.2) is 54.1 Å². The molecule has 0 atom stereocenters. The number of phenolic OH excluding ortho intramolecular Hbond substituents is 1. The molecule has 5 nitrogen and oxygen atoms in total. The number of hydrogen-bond acceptors (Lipinski definition) is 3. The van der Waals surface area contributed by atoms with Crippen molar-refractivity contribution in [3.8, 4) is 5.75 Å². The zero-order valence-corrected chi connectivity index (χ0v) is 13.4. The number of phenols is 1. The van der Waals surface area contributed by atoms with Crippen molar-refractivity contribution in [3.63, 3.8) is 0 Å². The maximum Gasteiger partial charge on any atom is 0.282 e. The Labute approximate surface area is 140 Å². The van der Waals surface area contributed by atoms with Gasteiger partial charge in [-0.1, -0.05) is 18.2 Å². The van der Waals surface area contributed by atoms with Crippen LogP contribution in [-0.2, 0) is 9.59 Å². The molecule has 3 rings (SSSR count). The molecular formula is C16H11IN2O3. The number of nitrogens with one attached hydrogen (secondary N) is 1. The molecule has 0 aliphatic carbocycles. The van der Waals surface area contributed by atoms with Gasteiger partial charge in [-0.3, -0.25) is 15.0 Å². The minimum Gasteiger partial charge on any atom is -0.507 e. The lowest BCUT2D eigenvalue weighted by molar-refractivity contribution is -0.117. The maximum absolute atomic E-state index is 12.4. The Bertz CT molecular complexity index is 784. The molecule has 0 saturated carbocycles. The Morgan fingerprint density at radius 3 is 2.41 bits per heavy atom. The molecule has 2 aromatic rings. The smallest absolute Gasteiger partial charge is 0.282 e. The molecule has 0 spiro atoms. The summed E-state index contributed by atoms with van der Waals surface area (Å²) in [4.78, 5) is 24.4. The van der Waals surface area contributed by atoms with E-state index in [4.69, 9.17) is 0 Å². The second-order valence-corrected chi connectivity index (χ2v) is 5.92. The van der Waals surface area contributed by atoms with Crippen LogP contribution in [-0.4, -0.2) is 16.9 Å². The highest BCUT2D eigenvalue weighted by Gasteiger charge is 2.34. The van der Waals surface area contributed by atoms with E-state index < -0.39 is 11.8 Å². The maximum atomic E-state index is 12.4. The van der Waals surface area contributed by atoms with E-state index in [2.05, 4.69) is 28.0 Å². The number of hydrazine groups is 1. The van der Waals surface area contributed by atoms with E-state index in [1.54, 1.807) is 30.3 Å². The van der Waals surface area contributed by atoms with Gasteiger partial charge in [0.2, 0.25) is 0 Å². The van der Waals surface area contributed by atoms with E-state index >= 15 is 0 Å². The van der Waals surface area contributed by atoms with Crippen LogP contribution in [0.1, 0.15) is 5.56 Å². The highest BCUT2D eigenvalue weighted by atomic mass is 127. The van der Waals surface area contributed by atoms with Gasteiger partial charge in [0.15, 0.2) is 0 Å². The van der Waals surface area contributed by atoms with Gasteiger partial charge in [0.05, 0.1) is 5.69 Å². The van der Waals surface area contributed by atoms with Crippen molar-refractivity contribution in [2.75, 3.05) is 5.01 Å². The normalized spacial score (nSPS) is 16.2. The van der Waals surface area contributed by atoms with E-state index in [1.165, 1.54) is 17.2 Å². The largest absolute Gasteiger partial charge is 0.507 e. The quantitative estimate of drug-likeness (QED) is 0.458. The van der Waals surface area contributed by atoms with Crippen LogP contribution in [0.5, 0.6) is 5.75 Å². The number of para-hydroxylation sites is 1. The molecule has 6 heteroatoms. The van der Waals surface area contributed by atoms with Crippen LogP contribution >= 0.6 is 22.6 Å². The summed E-state index contributed by atoms with van der Waals surface area (Å²) in [5.41, 5.74) is 3.51. The predicted octanol–water partition coefficient (Wildman–Crippen LogP) is 2.46. The number of anilines is 1. The lowest BCUT2D eigenvalue weighted by Gasteiger charge is -2.14. The molecule has 1 aliphatic rings. The Balaban J connectivity index is 1.95. The molecule has 22 heavy (non-hydrogen) atoms. The number of rotatable bonds is 2. The second-order valence-electron chi connectivity index (χ2n) is 4.67. The van der Waals surface area contributed by atoms with E-state index in [-0.39, 0.29) is 11.3 Å². The van der Waals surface area contributed by atoms with Crippen molar-refractivity contribution in [1.82, 2.24) is 5.43 Å². The molecule has 0 unspecified atom stereocenters. The van der Waals surface area contributed by atoms with E-state index in [0.717, 1.165) is 3.57 Å². The molecule has 110 valence electrons. The van der Waals surface area contributed by atoms with Crippen LogP contribution in [0.25, 0.3) is 6.08 Å². The van der Waals surface area contributed by atoms with Crippen molar-refractivity contribution < 1.29 is 14.7 Å². The minimum atomic E-state index is -0.494. The lowest BCUT2D eigenvalue weighted by Crippen LogP contribution is -2.35. The molecule has 0 bridgehead atoms. The Kier molecular flexibility index (Phi) is 3.84. The highest BCUT2D eigenvalue weighted by molar-refractivity contribution is 14.1. The van der Waals surface area contributed by atoms with E-state index in [1.807, 2.05) is 12.1 Å².